The zero-order valence-corrected chi connectivity index (χ0v) is 19.4. The fourth-order valence-corrected chi connectivity index (χ4v) is 6.43. The largest absolute Gasteiger partial charge is 0.481 e. The Balaban J connectivity index is 1.34. The van der Waals surface area contributed by atoms with Crippen molar-refractivity contribution in [3.05, 3.63) is 48.3 Å². The van der Waals surface area contributed by atoms with Crippen molar-refractivity contribution < 1.29 is 24.2 Å². The first kappa shape index (κ1) is 23.2. The maximum atomic E-state index is 12.7. The quantitative estimate of drug-likeness (QED) is 0.372. The minimum atomic E-state index is -1.15. The van der Waals surface area contributed by atoms with Crippen molar-refractivity contribution in [2.75, 3.05) is 25.2 Å². The van der Waals surface area contributed by atoms with Crippen molar-refractivity contribution in [2.45, 2.75) is 23.0 Å². The van der Waals surface area contributed by atoms with Gasteiger partial charge in [0.25, 0.3) is 0 Å². The molecule has 1 aromatic heterocycles. The van der Waals surface area contributed by atoms with Crippen molar-refractivity contribution in [1.82, 2.24) is 25.5 Å². The number of carboxylic acid groups (broad SMARTS) is 1. The van der Waals surface area contributed by atoms with Crippen LogP contribution in [0.2, 0.25) is 0 Å². The fraction of sp³-hybridized carbons (Fsp3) is 0.381. The summed E-state index contributed by atoms with van der Waals surface area (Å²) in [4.78, 5) is 47.0. The number of rotatable bonds is 8. The Morgan fingerprint density at radius 2 is 2.06 bits per heavy atom. The Kier molecular flexibility index (Phi) is 6.94. The highest BCUT2D eigenvalue weighted by molar-refractivity contribution is 8.00. The zero-order valence-electron chi connectivity index (χ0n) is 17.8. The third kappa shape index (κ3) is 4.86. The van der Waals surface area contributed by atoms with Gasteiger partial charge < -0.3 is 25.4 Å². The van der Waals surface area contributed by atoms with Crippen LogP contribution < -0.4 is 15.4 Å². The Labute approximate surface area is 198 Å². The van der Waals surface area contributed by atoms with E-state index in [1.165, 1.54) is 47.9 Å². The number of benzene rings is 1. The summed E-state index contributed by atoms with van der Waals surface area (Å²) in [6, 6.07) is 8.35. The minimum Gasteiger partial charge on any atom is -0.481 e. The van der Waals surface area contributed by atoms with Gasteiger partial charge in [0.2, 0.25) is 11.8 Å². The molecule has 0 bridgehead atoms. The lowest BCUT2D eigenvalue weighted by atomic mass is 9.89. The number of ether oxygens (including phenoxy) is 1. The van der Waals surface area contributed by atoms with Crippen LogP contribution in [0.15, 0.2) is 47.8 Å². The standard InChI is InChI=1S/C21H23N5O5S2/c1-31-15-16(23-8-7-22-15)32-11-21(19(28)29)10-26-17(27)14(18(26)33-12-21)25-20(30)24-9-13-5-3-2-4-6-13/h2-8,14,18H,9-12H2,1H3,(H,28,29)(H2,24,25,30)/t14?,18-,21?/m1/s1. The van der Waals surface area contributed by atoms with Crippen LogP contribution in [-0.4, -0.2) is 74.5 Å². The van der Waals surface area contributed by atoms with E-state index in [-0.39, 0.29) is 23.6 Å². The highest BCUT2D eigenvalue weighted by Crippen LogP contribution is 2.44. The van der Waals surface area contributed by atoms with E-state index >= 15 is 0 Å². The van der Waals surface area contributed by atoms with Gasteiger partial charge in [-0.15, -0.1) is 11.8 Å². The van der Waals surface area contributed by atoms with Crippen molar-refractivity contribution in [2.24, 2.45) is 5.41 Å². The summed E-state index contributed by atoms with van der Waals surface area (Å²) in [6.45, 7) is 0.415. The van der Waals surface area contributed by atoms with Crippen LogP contribution in [-0.2, 0) is 16.1 Å². The summed E-state index contributed by atoms with van der Waals surface area (Å²) in [5.74, 6) is -0.425. The third-order valence-electron chi connectivity index (χ3n) is 5.49. The van der Waals surface area contributed by atoms with E-state index in [1.54, 1.807) is 0 Å². The lowest BCUT2D eigenvalue weighted by Crippen LogP contribution is -2.74. The molecule has 2 aliphatic heterocycles. The van der Waals surface area contributed by atoms with Crippen LogP contribution in [0.4, 0.5) is 4.79 Å². The van der Waals surface area contributed by atoms with Crippen LogP contribution in [0.25, 0.3) is 0 Å². The topological polar surface area (TPSA) is 134 Å². The maximum absolute atomic E-state index is 12.7. The number of carbonyl (C=O) groups is 3. The molecule has 10 nitrogen and oxygen atoms in total. The number of thioether (sulfide) groups is 2. The molecule has 3 amide bonds. The van der Waals surface area contributed by atoms with Gasteiger partial charge in [-0.2, -0.15) is 0 Å². The number of carboxylic acids is 1. The van der Waals surface area contributed by atoms with Crippen LogP contribution in [0, 0.1) is 5.41 Å². The number of hydrogen-bond donors (Lipinski definition) is 3. The van der Waals surface area contributed by atoms with Crippen molar-refractivity contribution >= 4 is 41.4 Å². The van der Waals surface area contributed by atoms with Gasteiger partial charge in [0.1, 0.15) is 16.8 Å². The average Bonchev–Trinajstić information content (AvgIpc) is 2.85. The molecule has 2 aromatic rings. The minimum absolute atomic E-state index is 0.0677. The second-order valence-electron chi connectivity index (χ2n) is 7.70. The Bertz CT molecular complexity index is 1040. The number of aromatic nitrogens is 2. The fourth-order valence-electron chi connectivity index (χ4n) is 3.63. The monoisotopic (exact) mass is 489 g/mol. The highest BCUT2D eigenvalue weighted by Gasteiger charge is 2.57. The molecule has 3 atom stereocenters. The molecule has 12 heteroatoms. The van der Waals surface area contributed by atoms with E-state index < -0.39 is 23.5 Å². The number of nitrogens with zero attached hydrogens (tertiary/aromatic N) is 3. The number of hydrogen-bond acceptors (Lipinski definition) is 8. The van der Waals surface area contributed by atoms with Crippen molar-refractivity contribution in [3.63, 3.8) is 0 Å². The number of amides is 3. The molecular formula is C21H23N5O5S2. The molecule has 2 fully saturated rings. The average molecular weight is 490 g/mol. The Hall–Kier alpha value is -2.99. The summed E-state index contributed by atoms with van der Waals surface area (Å²) < 4.78 is 5.19. The van der Waals surface area contributed by atoms with E-state index in [0.717, 1.165) is 5.56 Å². The molecule has 2 saturated heterocycles. The summed E-state index contributed by atoms with van der Waals surface area (Å²) in [6.07, 6.45) is 3.01. The predicted octanol–water partition coefficient (Wildman–Crippen LogP) is 1.43. The summed E-state index contributed by atoms with van der Waals surface area (Å²) in [7, 11) is 1.48. The van der Waals surface area contributed by atoms with Gasteiger partial charge in [-0.25, -0.2) is 14.8 Å². The molecule has 0 aliphatic carbocycles. The van der Waals surface area contributed by atoms with Gasteiger partial charge in [0.05, 0.1) is 7.11 Å². The predicted molar refractivity (Wildman–Crippen MR) is 123 cm³/mol. The first-order valence-corrected chi connectivity index (χ1v) is 12.2. The van der Waals surface area contributed by atoms with Crippen LogP contribution in [0.5, 0.6) is 5.88 Å². The smallest absolute Gasteiger partial charge is 0.315 e. The number of aliphatic carboxylic acids is 1. The summed E-state index contributed by atoms with van der Waals surface area (Å²) in [5.41, 5.74) is -0.199. The maximum Gasteiger partial charge on any atom is 0.315 e. The molecule has 3 heterocycles. The number of fused-ring (bicyclic) bond motifs is 1. The van der Waals surface area contributed by atoms with E-state index in [2.05, 4.69) is 20.6 Å². The molecule has 3 N–H and O–H groups in total. The van der Waals surface area contributed by atoms with E-state index in [4.69, 9.17) is 4.74 Å². The van der Waals surface area contributed by atoms with Crippen LogP contribution >= 0.6 is 23.5 Å². The van der Waals surface area contributed by atoms with Gasteiger partial charge in [0, 0.05) is 37.0 Å². The van der Waals surface area contributed by atoms with Gasteiger partial charge in [-0.3, -0.25) is 9.59 Å². The molecule has 2 unspecified atom stereocenters. The Morgan fingerprint density at radius 3 is 2.79 bits per heavy atom. The second-order valence-corrected chi connectivity index (χ2v) is 9.77. The molecular weight excluding hydrogens is 466 g/mol. The summed E-state index contributed by atoms with van der Waals surface area (Å²) >= 11 is 2.60. The van der Waals surface area contributed by atoms with Crippen molar-refractivity contribution in [1.29, 1.82) is 0 Å². The third-order valence-corrected chi connectivity index (χ3v) is 8.33. The molecule has 1 aromatic carbocycles. The SMILES string of the molecule is COc1nccnc1SCC1(C(=O)O)CS[C@@H]2C(NC(=O)NCc3ccccc3)C(=O)N2C1. The van der Waals surface area contributed by atoms with Gasteiger partial charge in [-0.1, -0.05) is 42.1 Å². The normalized spacial score (nSPS) is 23.8. The van der Waals surface area contributed by atoms with Gasteiger partial charge in [-0.05, 0) is 5.56 Å². The molecule has 0 spiro atoms. The highest BCUT2D eigenvalue weighted by atomic mass is 32.2. The van der Waals surface area contributed by atoms with Gasteiger partial charge >= 0.3 is 12.0 Å². The molecule has 0 radical (unpaired) electrons. The lowest BCUT2D eigenvalue weighted by molar-refractivity contribution is -0.156. The van der Waals surface area contributed by atoms with Crippen LogP contribution in [0.3, 0.4) is 0 Å². The summed E-state index contributed by atoms with van der Waals surface area (Å²) in [5, 5.41) is 15.7. The van der Waals surface area contributed by atoms with E-state index in [9.17, 15) is 19.5 Å². The molecule has 4 rings (SSSR count). The molecule has 33 heavy (non-hydrogen) atoms. The van der Waals surface area contributed by atoms with E-state index in [0.29, 0.717) is 23.2 Å². The number of urea groups is 1. The van der Waals surface area contributed by atoms with Gasteiger partial charge in [0.15, 0.2) is 5.03 Å². The Morgan fingerprint density at radius 1 is 1.30 bits per heavy atom. The first-order chi connectivity index (χ1) is 15.9. The zero-order chi connectivity index (χ0) is 23.4. The number of β-lactam (4-membered cyclic amide) rings is 1. The van der Waals surface area contributed by atoms with Crippen LogP contribution in [0.1, 0.15) is 5.56 Å². The lowest BCUT2D eigenvalue weighted by Gasteiger charge is -2.53. The van der Waals surface area contributed by atoms with Crippen molar-refractivity contribution in [3.8, 4) is 5.88 Å². The number of carbonyl (C=O) groups excluding carboxylic acids is 2. The second kappa shape index (κ2) is 9.87. The molecule has 174 valence electrons. The molecule has 2 aliphatic rings. The number of nitrogens with one attached hydrogen (secondary N) is 2. The number of methoxy groups -OCH3 is 1. The van der Waals surface area contributed by atoms with E-state index in [1.807, 2.05) is 30.3 Å². The molecule has 0 saturated carbocycles. The first-order valence-electron chi connectivity index (χ1n) is 10.1.